The van der Waals surface area contributed by atoms with Crippen molar-refractivity contribution in [2.75, 3.05) is 4.90 Å². The first-order valence-electron chi connectivity index (χ1n) is 10.3. The van der Waals surface area contributed by atoms with Gasteiger partial charge in [-0.15, -0.1) is 0 Å². The van der Waals surface area contributed by atoms with Crippen LogP contribution < -0.4 is 10.6 Å². The number of hydrogen-bond acceptors (Lipinski definition) is 5. The van der Waals surface area contributed by atoms with Crippen LogP contribution in [0.3, 0.4) is 0 Å². The van der Waals surface area contributed by atoms with Crippen molar-refractivity contribution in [1.82, 2.24) is 0 Å². The first-order valence-corrected chi connectivity index (χ1v) is 11.8. The van der Waals surface area contributed by atoms with E-state index in [1.807, 2.05) is 19.1 Å². The zero-order chi connectivity index (χ0) is 23.8. The number of nitrogens with two attached hydrogens (primary N) is 1. The number of amides is 2. The van der Waals surface area contributed by atoms with Crippen molar-refractivity contribution in [3.05, 3.63) is 106 Å². The molecule has 0 aliphatic carbocycles. The monoisotopic (exact) mass is 462 g/mol. The molecule has 168 valence electrons. The van der Waals surface area contributed by atoms with Gasteiger partial charge in [-0.3, -0.25) is 14.5 Å². The largest absolute Gasteiger partial charge is 0.502 e. The average Bonchev–Trinajstić information content (AvgIpc) is 3.10. The quantitative estimate of drug-likeness (QED) is 0.579. The molecule has 7 nitrogen and oxygen atoms in total. The lowest BCUT2D eigenvalue weighted by Gasteiger charge is -2.27. The second-order valence-electron chi connectivity index (χ2n) is 7.61. The van der Waals surface area contributed by atoms with Crippen molar-refractivity contribution >= 4 is 27.3 Å². The SMILES string of the molecule is CCc1ccc([C@@H]2C(S(=O)(=O)c3ccccc3)=C(O)C(=O)N2c2ccc(C(N)=O)cc2)cc1. The van der Waals surface area contributed by atoms with E-state index in [0.717, 1.165) is 12.0 Å². The molecule has 1 aliphatic heterocycles. The maximum atomic E-state index is 13.6. The first-order chi connectivity index (χ1) is 15.8. The normalized spacial score (nSPS) is 16.3. The van der Waals surface area contributed by atoms with E-state index in [1.165, 1.54) is 41.3 Å². The van der Waals surface area contributed by atoms with E-state index in [0.29, 0.717) is 11.3 Å². The van der Waals surface area contributed by atoms with E-state index < -0.39 is 33.5 Å². The van der Waals surface area contributed by atoms with E-state index in [2.05, 4.69) is 0 Å². The Morgan fingerprint density at radius 3 is 2.12 bits per heavy atom. The van der Waals surface area contributed by atoms with E-state index in [4.69, 9.17) is 5.73 Å². The lowest BCUT2D eigenvalue weighted by Crippen LogP contribution is -2.31. The Bertz CT molecular complexity index is 1350. The Hall–Kier alpha value is -3.91. The Balaban J connectivity index is 1.91. The molecule has 0 saturated heterocycles. The number of anilines is 1. The van der Waals surface area contributed by atoms with Gasteiger partial charge >= 0.3 is 0 Å². The number of nitrogens with zero attached hydrogens (tertiary/aromatic N) is 1. The lowest BCUT2D eigenvalue weighted by molar-refractivity contribution is -0.117. The van der Waals surface area contributed by atoms with Crippen LogP contribution >= 0.6 is 0 Å². The number of rotatable bonds is 6. The molecule has 8 heteroatoms. The summed E-state index contributed by atoms with van der Waals surface area (Å²) >= 11 is 0. The van der Waals surface area contributed by atoms with Gasteiger partial charge in [-0.2, -0.15) is 0 Å². The second-order valence-corrected chi connectivity index (χ2v) is 9.53. The van der Waals surface area contributed by atoms with Crippen LogP contribution in [0.15, 0.2) is 94.4 Å². The summed E-state index contributed by atoms with van der Waals surface area (Å²) in [6, 6.07) is 19.7. The number of aliphatic hydroxyl groups is 1. The number of carbonyl (C=O) groups is 2. The first kappa shape index (κ1) is 22.3. The van der Waals surface area contributed by atoms with Gasteiger partial charge in [0, 0.05) is 11.3 Å². The average molecular weight is 463 g/mol. The van der Waals surface area contributed by atoms with Crippen molar-refractivity contribution in [2.24, 2.45) is 5.73 Å². The highest BCUT2D eigenvalue weighted by atomic mass is 32.2. The highest BCUT2D eigenvalue weighted by Crippen LogP contribution is 2.44. The molecule has 1 atom stereocenters. The topological polar surface area (TPSA) is 118 Å². The Labute approximate surface area is 191 Å². The van der Waals surface area contributed by atoms with Gasteiger partial charge in [0.1, 0.15) is 10.9 Å². The van der Waals surface area contributed by atoms with Gasteiger partial charge in [-0.25, -0.2) is 8.42 Å². The molecule has 0 saturated carbocycles. The molecule has 3 aromatic carbocycles. The van der Waals surface area contributed by atoms with Crippen LogP contribution in [0.5, 0.6) is 0 Å². The molecular formula is C25H22N2O5S. The predicted molar refractivity (Wildman–Crippen MR) is 124 cm³/mol. The minimum atomic E-state index is -4.20. The minimum absolute atomic E-state index is 0.0274. The maximum Gasteiger partial charge on any atom is 0.295 e. The third-order valence-corrected chi connectivity index (χ3v) is 7.53. The molecule has 0 radical (unpaired) electrons. The van der Waals surface area contributed by atoms with Gasteiger partial charge < -0.3 is 10.8 Å². The standard InChI is InChI=1S/C25H22N2O5S/c1-2-16-8-10-17(11-9-16)21-23(33(31,32)20-6-4-3-5-7-20)22(28)25(30)27(21)19-14-12-18(13-15-19)24(26)29/h3-15,21,28H,2H2,1H3,(H2,26,29)/t21-/m1/s1. The maximum absolute atomic E-state index is 13.6. The number of carbonyl (C=O) groups excluding carboxylic acids is 2. The molecule has 4 rings (SSSR count). The molecule has 1 aliphatic rings. The summed E-state index contributed by atoms with van der Waals surface area (Å²) in [6.45, 7) is 2.00. The number of primary amides is 1. The van der Waals surface area contributed by atoms with Crippen LogP contribution in [0, 0.1) is 0 Å². The molecule has 0 spiro atoms. The summed E-state index contributed by atoms with van der Waals surface area (Å²) < 4.78 is 27.1. The van der Waals surface area contributed by atoms with Gasteiger partial charge in [0.2, 0.25) is 15.7 Å². The Morgan fingerprint density at radius 2 is 1.58 bits per heavy atom. The van der Waals surface area contributed by atoms with Crippen molar-refractivity contribution in [3.8, 4) is 0 Å². The summed E-state index contributed by atoms with van der Waals surface area (Å²) in [4.78, 5) is 25.4. The predicted octanol–water partition coefficient (Wildman–Crippen LogP) is 3.68. The van der Waals surface area contributed by atoms with Gasteiger partial charge in [0.25, 0.3) is 5.91 Å². The van der Waals surface area contributed by atoms with E-state index in [-0.39, 0.29) is 15.4 Å². The zero-order valence-corrected chi connectivity index (χ0v) is 18.6. The van der Waals surface area contributed by atoms with Gasteiger partial charge in [-0.1, -0.05) is 49.4 Å². The molecular weight excluding hydrogens is 440 g/mol. The van der Waals surface area contributed by atoms with E-state index in [9.17, 15) is 23.1 Å². The van der Waals surface area contributed by atoms with E-state index in [1.54, 1.807) is 30.3 Å². The highest BCUT2D eigenvalue weighted by Gasteiger charge is 2.47. The summed E-state index contributed by atoms with van der Waals surface area (Å²) in [6.07, 6.45) is 0.790. The van der Waals surface area contributed by atoms with Crippen LogP contribution in [-0.4, -0.2) is 25.3 Å². The smallest absolute Gasteiger partial charge is 0.295 e. The molecule has 1 heterocycles. The number of aliphatic hydroxyl groups excluding tert-OH is 1. The summed E-state index contributed by atoms with van der Waals surface area (Å²) in [5.41, 5.74) is 7.44. The third-order valence-electron chi connectivity index (χ3n) is 5.64. The Morgan fingerprint density at radius 1 is 0.970 bits per heavy atom. The van der Waals surface area contributed by atoms with Crippen molar-refractivity contribution in [2.45, 2.75) is 24.3 Å². The molecule has 0 bridgehead atoms. The molecule has 3 N–H and O–H groups in total. The lowest BCUT2D eigenvalue weighted by atomic mass is 10.0. The van der Waals surface area contributed by atoms with E-state index >= 15 is 0 Å². The molecule has 33 heavy (non-hydrogen) atoms. The number of hydrogen-bond donors (Lipinski definition) is 2. The van der Waals surface area contributed by atoms with Crippen LogP contribution in [0.25, 0.3) is 0 Å². The number of benzene rings is 3. The van der Waals surface area contributed by atoms with Gasteiger partial charge in [-0.05, 0) is 53.9 Å². The fraction of sp³-hybridized carbons (Fsp3) is 0.120. The number of sulfone groups is 1. The minimum Gasteiger partial charge on any atom is -0.502 e. The van der Waals surface area contributed by atoms with Crippen LogP contribution in [0.1, 0.15) is 34.5 Å². The molecule has 0 unspecified atom stereocenters. The molecule has 3 aromatic rings. The fourth-order valence-corrected chi connectivity index (χ4v) is 5.52. The van der Waals surface area contributed by atoms with Gasteiger partial charge in [0.15, 0.2) is 5.76 Å². The third kappa shape index (κ3) is 3.89. The Kier molecular flexibility index (Phi) is 5.78. The molecule has 2 amide bonds. The zero-order valence-electron chi connectivity index (χ0n) is 17.8. The number of aryl methyl sites for hydroxylation is 1. The highest BCUT2D eigenvalue weighted by molar-refractivity contribution is 7.95. The van der Waals surface area contributed by atoms with Crippen LogP contribution in [-0.2, 0) is 21.1 Å². The van der Waals surface area contributed by atoms with Crippen LogP contribution in [0.2, 0.25) is 0 Å². The second kappa shape index (κ2) is 8.55. The van der Waals surface area contributed by atoms with Crippen LogP contribution in [0.4, 0.5) is 5.69 Å². The van der Waals surface area contributed by atoms with Gasteiger partial charge in [0.05, 0.1) is 4.90 Å². The fourth-order valence-electron chi connectivity index (χ4n) is 3.87. The van der Waals surface area contributed by atoms with Crippen molar-refractivity contribution in [1.29, 1.82) is 0 Å². The van der Waals surface area contributed by atoms with Crippen molar-refractivity contribution in [3.63, 3.8) is 0 Å². The van der Waals surface area contributed by atoms with Crippen molar-refractivity contribution < 1.29 is 23.1 Å². The summed E-state index contributed by atoms with van der Waals surface area (Å²) in [5.74, 6) is -2.31. The summed E-state index contributed by atoms with van der Waals surface area (Å²) in [5, 5.41) is 10.8. The molecule has 0 aromatic heterocycles. The summed E-state index contributed by atoms with van der Waals surface area (Å²) in [7, 11) is -4.20. The molecule has 0 fully saturated rings.